The lowest BCUT2D eigenvalue weighted by molar-refractivity contribution is 0.269. The second kappa shape index (κ2) is 5.73. The summed E-state index contributed by atoms with van der Waals surface area (Å²) in [6, 6.07) is 0.822. The molecule has 0 aromatic carbocycles. The van der Waals surface area contributed by atoms with E-state index in [0.29, 0.717) is 5.41 Å². The zero-order valence-electron chi connectivity index (χ0n) is 12.1. The van der Waals surface area contributed by atoms with Crippen molar-refractivity contribution in [2.45, 2.75) is 78.2 Å². The topological polar surface area (TPSA) is 12.0 Å². The molecular formula is C16H31N. The van der Waals surface area contributed by atoms with Crippen LogP contribution in [-0.4, -0.2) is 12.6 Å². The van der Waals surface area contributed by atoms with Gasteiger partial charge in [-0.05, 0) is 49.5 Å². The summed E-state index contributed by atoms with van der Waals surface area (Å²) < 4.78 is 0. The van der Waals surface area contributed by atoms with Gasteiger partial charge in [0, 0.05) is 6.04 Å². The van der Waals surface area contributed by atoms with E-state index in [1.165, 1.54) is 57.9 Å². The van der Waals surface area contributed by atoms with Gasteiger partial charge in [0.15, 0.2) is 0 Å². The fourth-order valence-electron chi connectivity index (χ4n) is 3.74. The summed E-state index contributed by atoms with van der Waals surface area (Å²) in [5.74, 6) is 1.92. The Morgan fingerprint density at radius 1 is 1.12 bits per heavy atom. The number of hydrogen-bond acceptors (Lipinski definition) is 1. The average molecular weight is 237 g/mol. The Kier molecular flexibility index (Phi) is 4.52. The molecule has 2 rings (SSSR count). The van der Waals surface area contributed by atoms with Gasteiger partial charge in [0.2, 0.25) is 0 Å². The Balaban J connectivity index is 1.93. The summed E-state index contributed by atoms with van der Waals surface area (Å²) in [5.41, 5.74) is 0.623. The summed E-state index contributed by atoms with van der Waals surface area (Å²) in [4.78, 5) is 0. The molecule has 0 radical (unpaired) electrons. The van der Waals surface area contributed by atoms with E-state index in [0.717, 1.165) is 17.9 Å². The van der Waals surface area contributed by atoms with Crippen molar-refractivity contribution in [3.63, 3.8) is 0 Å². The summed E-state index contributed by atoms with van der Waals surface area (Å²) in [6.07, 6.45) is 11.6. The molecule has 0 saturated heterocycles. The van der Waals surface area contributed by atoms with Crippen LogP contribution >= 0.6 is 0 Å². The molecule has 0 spiro atoms. The zero-order valence-corrected chi connectivity index (χ0v) is 12.1. The maximum Gasteiger partial charge on any atom is 0.0129 e. The maximum absolute atomic E-state index is 3.88. The van der Waals surface area contributed by atoms with E-state index in [-0.39, 0.29) is 0 Å². The standard InChI is InChI=1S/C16H31N/c1-4-11-17-15(14-12-16(14,2)3)13-9-7-5-6-8-10-13/h13-15,17H,4-12H2,1-3H3. The molecule has 2 atom stereocenters. The lowest BCUT2D eigenvalue weighted by Gasteiger charge is -2.29. The Hall–Kier alpha value is -0.0400. The molecule has 1 heteroatoms. The van der Waals surface area contributed by atoms with Crippen molar-refractivity contribution in [1.29, 1.82) is 0 Å². The van der Waals surface area contributed by atoms with Crippen LogP contribution in [0, 0.1) is 17.3 Å². The van der Waals surface area contributed by atoms with Gasteiger partial charge in [-0.15, -0.1) is 0 Å². The molecule has 2 saturated carbocycles. The molecule has 1 N–H and O–H groups in total. The van der Waals surface area contributed by atoms with Crippen molar-refractivity contribution in [3.05, 3.63) is 0 Å². The summed E-state index contributed by atoms with van der Waals surface area (Å²) >= 11 is 0. The van der Waals surface area contributed by atoms with Gasteiger partial charge in [0.1, 0.15) is 0 Å². The minimum absolute atomic E-state index is 0.623. The SMILES string of the molecule is CCCNC(C1CCCCCC1)C1CC1(C)C. The van der Waals surface area contributed by atoms with Crippen LogP contribution in [0.5, 0.6) is 0 Å². The highest BCUT2D eigenvalue weighted by Gasteiger charge is 2.51. The van der Waals surface area contributed by atoms with E-state index >= 15 is 0 Å². The highest BCUT2D eigenvalue weighted by molar-refractivity contribution is 5.03. The predicted molar refractivity (Wildman–Crippen MR) is 75.2 cm³/mol. The van der Waals surface area contributed by atoms with Gasteiger partial charge in [-0.3, -0.25) is 0 Å². The minimum atomic E-state index is 0.623. The summed E-state index contributed by atoms with van der Waals surface area (Å²) in [5, 5.41) is 3.88. The molecule has 0 heterocycles. The molecule has 2 aliphatic carbocycles. The second-order valence-electron chi connectivity index (χ2n) is 7.03. The third-order valence-corrected chi connectivity index (χ3v) is 5.06. The summed E-state index contributed by atoms with van der Waals surface area (Å²) in [6.45, 7) is 8.41. The van der Waals surface area contributed by atoms with Crippen molar-refractivity contribution >= 4 is 0 Å². The van der Waals surface area contributed by atoms with Crippen LogP contribution in [-0.2, 0) is 0 Å². The first-order valence-electron chi connectivity index (χ1n) is 7.88. The van der Waals surface area contributed by atoms with Crippen LogP contribution in [0.2, 0.25) is 0 Å². The van der Waals surface area contributed by atoms with Crippen molar-refractivity contribution in [3.8, 4) is 0 Å². The third-order valence-electron chi connectivity index (χ3n) is 5.06. The van der Waals surface area contributed by atoms with E-state index < -0.39 is 0 Å². The Morgan fingerprint density at radius 3 is 2.18 bits per heavy atom. The van der Waals surface area contributed by atoms with Crippen LogP contribution in [0.1, 0.15) is 72.1 Å². The first-order chi connectivity index (χ1) is 8.15. The number of rotatable bonds is 5. The van der Waals surface area contributed by atoms with Crippen LogP contribution < -0.4 is 5.32 Å². The molecule has 100 valence electrons. The Morgan fingerprint density at radius 2 is 1.71 bits per heavy atom. The number of hydrogen-bond donors (Lipinski definition) is 1. The Bertz CT molecular complexity index is 226. The van der Waals surface area contributed by atoms with Crippen molar-refractivity contribution < 1.29 is 0 Å². The van der Waals surface area contributed by atoms with Gasteiger partial charge in [-0.2, -0.15) is 0 Å². The predicted octanol–water partition coefficient (Wildman–Crippen LogP) is 4.37. The molecular weight excluding hydrogens is 206 g/mol. The van der Waals surface area contributed by atoms with E-state index in [9.17, 15) is 0 Å². The molecule has 0 bridgehead atoms. The molecule has 1 nitrogen and oxygen atoms in total. The van der Waals surface area contributed by atoms with Crippen LogP contribution in [0.4, 0.5) is 0 Å². The second-order valence-corrected chi connectivity index (χ2v) is 7.03. The minimum Gasteiger partial charge on any atom is -0.313 e. The zero-order chi connectivity index (χ0) is 12.3. The highest BCUT2D eigenvalue weighted by atomic mass is 14.9. The first-order valence-corrected chi connectivity index (χ1v) is 7.88. The average Bonchev–Trinajstić information content (AvgIpc) is 2.99. The molecule has 17 heavy (non-hydrogen) atoms. The van der Waals surface area contributed by atoms with Crippen molar-refractivity contribution in [1.82, 2.24) is 5.32 Å². The highest BCUT2D eigenvalue weighted by Crippen LogP contribution is 2.55. The van der Waals surface area contributed by atoms with Crippen LogP contribution in [0.3, 0.4) is 0 Å². The molecule has 2 unspecified atom stereocenters. The third kappa shape index (κ3) is 3.47. The van der Waals surface area contributed by atoms with Crippen LogP contribution in [0.25, 0.3) is 0 Å². The first kappa shape index (κ1) is 13.4. The fourth-order valence-corrected chi connectivity index (χ4v) is 3.74. The molecule has 0 amide bonds. The van der Waals surface area contributed by atoms with E-state index in [1.54, 1.807) is 0 Å². The maximum atomic E-state index is 3.88. The van der Waals surface area contributed by atoms with Gasteiger partial charge < -0.3 is 5.32 Å². The van der Waals surface area contributed by atoms with Gasteiger partial charge in [-0.1, -0.05) is 46.5 Å². The molecule has 2 fully saturated rings. The number of nitrogens with one attached hydrogen (secondary N) is 1. The Labute approximate surface area is 108 Å². The molecule has 0 aliphatic heterocycles. The quantitative estimate of drug-likeness (QED) is 0.700. The fraction of sp³-hybridized carbons (Fsp3) is 1.00. The molecule has 0 aromatic rings. The van der Waals surface area contributed by atoms with Gasteiger partial charge in [-0.25, -0.2) is 0 Å². The van der Waals surface area contributed by atoms with Gasteiger partial charge >= 0.3 is 0 Å². The molecule has 2 aliphatic rings. The van der Waals surface area contributed by atoms with E-state index in [1.807, 2.05) is 0 Å². The van der Waals surface area contributed by atoms with Gasteiger partial charge in [0.25, 0.3) is 0 Å². The van der Waals surface area contributed by atoms with E-state index in [2.05, 4.69) is 26.1 Å². The van der Waals surface area contributed by atoms with Gasteiger partial charge in [0.05, 0.1) is 0 Å². The van der Waals surface area contributed by atoms with E-state index in [4.69, 9.17) is 0 Å². The summed E-state index contributed by atoms with van der Waals surface area (Å²) in [7, 11) is 0. The smallest absolute Gasteiger partial charge is 0.0129 e. The molecule has 0 aromatic heterocycles. The van der Waals surface area contributed by atoms with Crippen molar-refractivity contribution in [2.75, 3.05) is 6.54 Å². The lowest BCUT2D eigenvalue weighted by atomic mass is 9.86. The monoisotopic (exact) mass is 237 g/mol. The normalized spacial score (nSPS) is 30.9. The van der Waals surface area contributed by atoms with Crippen molar-refractivity contribution in [2.24, 2.45) is 17.3 Å². The largest absolute Gasteiger partial charge is 0.313 e. The lowest BCUT2D eigenvalue weighted by Crippen LogP contribution is -2.39. The van der Waals surface area contributed by atoms with Crippen LogP contribution in [0.15, 0.2) is 0 Å².